The van der Waals surface area contributed by atoms with E-state index in [0.29, 0.717) is 6.54 Å². The van der Waals surface area contributed by atoms with Crippen LogP contribution in [0.3, 0.4) is 0 Å². The molecule has 0 aliphatic heterocycles. The van der Waals surface area contributed by atoms with E-state index in [4.69, 9.17) is 0 Å². The molecule has 2 N–H and O–H groups in total. The zero-order valence-electron chi connectivity index (χ0n) is 17.9. The van der Waals surface area contributed by atoms with Gasteiger partial charge in [-0.2, -0.15) is 0 Å². The Kier molecular flexibility index (Phi) is 6.54. The molecule has 0 bridgehead atoms. The van der Waals surface area contributed by atoms with Gasteiger partial charge in [-0.3, -0.25) is 14.4 Å². The largest absolute Gasteiger partial charge is 0.354 e. The standard InChI is InChI=1S/C25H31N3O3/c29-22(26-18-25(14-6-7-15-25)19-9-2-1-3-10-19)17-28-16-8-13-21(24(28)31)23(30)27-20-11-4-5-12-20/h1-3,8-10,13,16,20H,4-7,11-12,14-15,17-18H2,(H,26,29)(H,27,30). The van der Waals surface area contributed by atoms with Crippen LogP contribution in [0.25, 0.3) is 0 Å². The topological polar surface area (TPSA) is 80.2 Å². The summed E-state index contributed by atoms with van der Waals surface area (Å²) >= 11 is 0. The molecule has 2 aliphatic rings. The lowest BCUT2D eigenvalue weighted by Gasteiger charge is -2.30. The van der Waals surface area contributed by atoms with Gasteiger partial charge in [0, 0.05) is 24.2 Å². The van der Waals surface area contributed by atoms with Crippen molar-refractivity contribution in [1.82, 2.24) is 15.2 Å². The molecule has 2 aromatic rings. The van der Waals surface area contributed by atoms with Crippen LogP contribution in [-0.2, 0) is 16.8 Å². The smallest absolute Gasteiger partial charge is 0.263 e. The molecular weight excluding hydrogens is 390 g/mol. The van der Waals surface area contributed by atoms with Crippen LogP contribution in [0.1, 0.15) is 67.3 Å². The Morgan fingerprint density at radius 3 is 2.39 bits per heavy atom. The van der Waals surface area contributed by atoms with E-state index >= 15 is 0 Å². The second-order valence-electron chi connectivity index (χ2n) is 8.94. The molecule has 0 radical (unpaired) electrons. The predicted octanol–water partition coefficient (Wildman–Crippen LogP) is 3.15. The van der Waals surface area contributed by atoms with E-state index in [1.807, 2.05) is 18.2 Å². The van der Waals surface area contributed by atoms with Gasteiger partial charge < -0.3 is 15.2 Å². The highest BCUT2D eigenvalue weighted by molar-refractivity contribution is 5.94. The molecule has 6 nitrogen and oxygen atoms in total. The molecular formula is C25H31N3O3. The van der Waals surface area contributed by atoms with Crippen LogP contribution in [0, 0.1) is 0 Å². The highest BCUT2D eigenvalue weighted by Crippen LogP contribution is 2.40. The number of carbonyl (C=O) groups excluding carboxylic acids is 2. The fourth-order valence-corrected chi connectivity index (χ4v) is 5.06. The third-order valence-corrected chi connectivity index (χ3v) is 6.84. The third kappa shape index (κ3) is 4.89. The van der Waals surface area contributed by atoms with Crippen LogP contribution >= 0.6 is 0 Å². The number of carbonyl (C=O) groups is 2. The molecule has 2 saturated carbocycles. The number of rotatable bonds is 7. The van der Waals surface area contributed by atoms with Gasteiger partial charge in [0.2, 0.25) is 5.91 Å². The minimum atomic E-state index is -0.424. The van der Waals surface area contributed by atoms with Crippen molar-refractivity contribution in [2.24, 2.45) is 0 Å². The lowest BCUT2D eigenvalue weighted by Crippen LogP contribution is -2.42. The highest BCUT2D eigenvalue weighted by Gasteiger charge is 2.35. The Hall–Kier alpha value is -2.89. The first-order valence-electron chi connectivity index (χ1n) is 11.4. The molecule has 0 spiro atoms. The summed E-state index contributed by atoms with van der Waals surface area (Å²) < 4.78 is 1.32. The second kappa shape index (κ2) is 9.50. The molecule has 0 unspecified atom stereocenters. The summed E-state index contributed by atoms with van der Waals surface area (Å²) in [5, 5.41) is 6.00. The number of hydrogen-bond donors (Lipinski definition) is 2. The van der Waals surface area contributed by atoms with Crippen molar-refractivity contribution in [3.8, 4) is 0 Å². The molecule has 1 aromatic carbocycles. The summed E-state index contributed by atoms with van der Waals surface area (Å²) in [7, 11) is 0. The number of benzene rings is 1. The second-order valence-corrected chi connectivity index (χ2v) is 8.94. The first-order valence-corrected chi connectivity index (χ1v) is 11.4. The summed E-state index contributed by atoms with van der Waals surface area (Å²) in [6, 6.07) is 13.7. The molecule has 31 heavy (non-hydrogen) atoms. The molecule has 2 amide bonds. The van der Waals surface area contributed by atoms with Crippen molar-refractivity contribution >= 4 is 11.8 Å². The average molecular weight is 422 g/mol. The maximum Gasteiger partial charge on any atom is 0.263 e. The van der Waals surface area contributed by atoms with Crippen molar-refractivity contribution < 1.29 is 9.59 Å². The Morgan fingerprint density at radius 1 is 0.968 bits per heavy atom. The first-order chi connectivity index (χ1) is 15.1. The number of aromatic nitrogens is 1. The van der Waals surface area contributed by atoms with Crippen LogP contribution in [0.5, 0.6) is 0 Å². The Balaban J connectivity index is 1.40. The van der Waals surface area contributed by atoms with Gasteiger partial charge in [0.1, 0.15) is 12.1 Å². The van der Waals surface area contributed by atoms with Gasteiger partial charge in [-0.15, -0.1) is 0 Å². The maximum atomic E-state index is 12.8. The van der Waals surface area contributed by atoms with Crippen LogP contribution in [0.2, 0.25) is 0 Å². The zero-order chi connectivity index (χ0) is 21.7. The quantitative estimate of drug-likeness (QED) is 0.721. The van der Waals surface area contributed by atoms with Gasteiger partial charge >= 0.3 is 0 Å². The number of nitrogens with one attached hydrogen (secondary N) is 2. The Bertz CT molecular complexity index is 971. The van der Waals surface area contributed by atoms with Gasteiger partial charge in [-0.1, -0.05) is 56.0 Å². The number of amides is 2. The molecule has 0 saturated heterocycles. The molecule has 164 valence electrons. The fraction of sp³-hybridized carbons (Fsp3) is 0.480. The molecule has 6 heteroatoms. The van der Waals surface area contributed by atoms with Gasteiger partial charge in [0.15, 0.2) is 0 Å². The fourth-order valence-electron chi connectivity index (χ4n) is 5.06. The highest BCUT2D eigenvalue weighted by atomic mass is 16.2. The molecule has 0 atom stereocenters. The minimum Gasteiger partial charge on any atom is -0.354 e. The molecule has 1 aromatic heterocycles. The monoisotopic (exact) mass is 421 g/mol. The SMILES string of the molecule is O=C(Cn1cccc(C(=O)NC2CCCC2)c1=O)NCC1(c2ccccc2)CCCC1. The van der Waals surface area contributed by atoms with E-state index < -0.39 is 5.56 Å². The molecule has 2 aliphatic carbocycles. The number of pyridine rings is 1. The van der Waals surface area contributed by atoms with E-state index in [1.54, 1.807) is 12.3 Å². The minimum absolute atomic E-state index is 0.0368. The summed E-state index contributed by atoms with van der Waals surface area (Å²) in [5.74, 6) is -0.557. The molecule has 1 heterocycles. The van der Waals surface area contributed by atoms with Crippen molar-refractivity contribution in [3.05, 3.63) is 70.1 Å². The van der Waals surface area contributed by atoms with Gasteiger partial charge in [-0.05, 0) is 43.4 Å². The van der Waals surface area contributed by atoms with Crippen molar-refractivity contribution in [3.63, 3.8) is 0 Å². The van der Waals surface area contributed by atoms with Crippen molar-refractivity contribution in [1.29, 1.82) is 0 Å². The lowest BCUT2D eigenvalue weighted by atomic mass is 9.79. The van der Waals surface area contributed by atoms with Gasteiger partial charge in [0.05, 0.1) is 0 Å². The van der Waals surface area contributed by atoms with Crippen molar-refractivity contribution in [2.75, 3.05) is 6.54 Å². The van der Waals surface area contributed by atoms with E-state index in [1.165, 1.54) is 16.2 Å². The molecule has 2 fully saturated rings. The summed E-state index contributed by atoms with van der Waals surface area (Å²) in [5.41, 5.74) is 0.895. The third-order valence-electron chi connectivity index (χ3n) is 6.84. The summed E-state index contributed by atoms with van der Waals surface area (Å²) in [4.78, 5) is 38.0. The summed E-state index contributed by atoms with van der Waals surface area (Å²) in [6.45, 7) is 0.473. The zero-order valence-corrected chi connectivity index (χ0v) is 17.9. The van der Waals surface area contributed by atoms with Crippen molar-refractivity contribution in [2.45, 2.75) is 69.4 Å². The Morgan fingerprint density at radius 2 is 1.68 bits per heavy atom. The van der Waals surface area contributed by atoms with Crippen LogP contribution in [-0.4, -0.2) is 29.0 Å². The predicted molar refractivity (Wildman–Crippen MR) is 120 cm³/mol. The lowest BCUT2D eigenvalue weighted by molar-refractivity contribution is -0.122. The van der Waals surface area contributed by atoms with E-state index in [9.17, 15) is 14.4 Å². The van der Waals surface area contributed by atoms with Gasteiger partial charge in [-0.25, -0.2) is 0 Å². The first kappa shape index (κ1) is 21.3. The van der Waals surface area contributed by atoms with Crippen LogP contribution in [0.4, 0.5) is 0 Å². The normalized spacial score (nSPS) is 18.1. The van der Waals surface area contributed by atoms with E-state index in [-0.39, 0.29) is 35.4 Å². The Labute approximate surface area is 183 Å². The van der Waals surface area contributed by atoms with Crippen LogP contribution < -0.4 is 16.2 Å². The number of hydrogen-bond acceptors (Lipinski definition) is 3. The van der Waals surface area contributed by atoms with Crippen LogP contribution in [0.15, 0.2) is 53.5 Å². The maximum absolute atomic E-state index is 12.8. The van der Waals surface area contributed by atoms with E-state index in [0.717, 1.165) is 51.4 Å². The average Bonchev–Trinajstić information content (AvgIpc) is 3.47. The summed E-state index contributed by atoms with van der Waals surface area (Å²) in [6.07, 6.45) is 10.1. The van der Waals surface area contributed by atoms with E-state index in [2.05, 4.69) is 22.8 Å². The van der Waals surface area contributed by atoms with Gasteiger partial charge in [0.25, 0.3) is 11.5 Å². The number of nitrogens with zero attached hydrogens (tertiary/aromatic N) is 1. The molecule has 4 rings (SSSR count).